The third-order valence-corrected chi connectivity index (χ3v) is 3.09. The lowest BCUT2D eigenvalue weighted by atomic mass is 9.81. The molecule has 0 amide bonds. The van der Waals surface area contributed by atoms with Gasteiger partial charge in [-0.25, -0.2) is 0 Å². The maximum atomic E-state index is 5.67. The molecule has 90 valence electrons. The van der Waals surface area contributed by atoms with E-state index in [-0.39, 0.29) is 5.54 Å². The third-order valence-electron chi connectivity index (χ3n) is 3.09. The Labute approximate surface area is 94.5 Å². The zero-order chi connectivity index (χ0) is 12.1. The van der Waals surface area contributed by atoms with Crippen LogP contribution in [0.2, 0.25) is 0 Å². The Kier molecular flexibility index (Phi) is 5.12. The molecule has 0 saturated heterocycles. The molecule has 0 spiro atoms. The summed E-state index contributed by atoms with van der Waals surface area (Å²) in [6.45, 7) is 11.2. The molecule has 0 aliphatic carbocycles. The van der Waals surface area contributed by atoms with Crippen LogP contribution in [0.15, 0.2) is 4.99 Å². The molecule has 0 bridgehead atoms. The second kappa shape index (κ2) is 5.38. The van der Waals surface area contributed by atoms with Gasteiger partial charge in [0.2, 0.25) is 0 Å². The van der Waals surface area contributed by atoms with Gasteiger partial charge in [0.05, 0.1) is 0 Å². The minimum atomic E-state index is 0.0238. The summed E-state index contributed by atoms with van der Waals surface area (Å²) in [5.41, 5.74) is 6.11. The van der Waals surface area contributed by atoms with Crippen molar-refractivity contribution < 1.29 is 0 Å². The summed E-state index contributed by atoms with van der Waals surface area (Å²) in [4.78, 5) is 3.92. The molecular formula is C12H27N3. The summed E-state index contributed by atoms with van der Waals surface area (Å²) in [5, 5.41) is 3.23. The van der Waals surface area contributed by atoms with Crippen LogP contribution < -0.4 is 11.1 Å². The highest BCUT2D eigenvalue weighted by Gasteiger charge is 2.23. The average molecular weight is 213 g/mol. The summed E-state index contributed by atoms with van der Waals surface area (Å²) in [6.07, 6.45) is 3.50. The number of hydrogen-bond acceptors (Lipinski definition) is 1. The van der Waals surface area contributed by atoms with Crippen molar-refractivity contribution in [1.29, 1.82) is 0 Å². The molecule has 3 N–H and O–H groups in total. The first-order chi connectivity index (χ1) is 6.72. The van der Waals surface area contributed by atoms with E-state index in [2.05, 4.69) is 44.9 Å². The Hall–Kier alpha value is -0.730. The zero-order valence-corrected chi connectivity index (χ0v) is 11.1. The summed E-state index contributed by atoms with van der Waals surface area (Å²) >= 11 is 0. The Morgan fingerprint density at radius 3 is 2.13 bits per heavy atom. The first-order valence-corrected chi connectivity index (χ1v) is 5.73. The van der Waals surface area contributed by atoms with E-state index in [9.17, 15) is 0 Å². The van der Waals surface area contributed by atoms with Crippen molar-refractivity contribution >= 4 is 5.96 Å². The lowest BCUT2D eigenvalue weighted by Gasteiger charge is -2.31. The van der Waals surface area contributed by atoms with E-state index in [1.54, 1.807) is 7.05 Å². The molecule has 0 radical (unpaired) electrons. The summed E-state index contributed by atoms with van der Waals surface area (Å²) in [6, 6.07) is 0. The fraction of sp³-hybridized carbons (Fsp3) is 0.917. The molecule has 0 fully saturated rings. The Bertz CT molecular complexity index is 217. The van der Waals surface area contributed by atoms with E-state index < -0.39 is 0 Å². The number of nitrogens with two attached hydrogens (primary N) is 1. The van der Waals surface area contributed by atoms with Gasteiger partial charge in [-0.1, -0.05) is 27.2 Å². The number of nitrogens with zero attached hydrogens (tertiary/aromatic N) is 1. The standard InChI is InChI=1S/C12H27N3/c1-7-11(2,3)8-9-12(4,5)15-10(13)14-6/h7-9H2,1-6H3,(H3,13,14,15). The van der Waals surface area contributed by atoms with Crippen LogP contribution in [0.25, 0.3) is 0 Å². The molecule has 0 saturated carbocycles. The van der Waals surface area contributed by atoms with Gasteiger partial charge in [0.1, 0.15) is 0 Å². The zero-order valence-electron chi connectivity index (χ0n) is 11.1. The molecule has 3 heteroatoms. The van der Waals surface area contributed by atoms with E-state index >= 15 is 0 Å². The quantitative estimate of drug-likeness (QED) is 0.544. The fourth-order valence-electron chi connectivity index (χ4n) is 1.29. The van der Waals surface area contributed by atoms with Crippen molar-refractivity contribution in [3.05, 3.63) is 0 Å². The largest absolute Gasteiger partial charge is 0.370 e. The van der Waals surface area contributed by atoms with Crippen LogP contribution in [0.3, 0.4) is 0 Å². The molecule has 0 aromatic carbocycles. The van der Waals surface area contributed by atoms with Gasteiger partial charge in [0.25, 0.3) is 0 Å². The Morgan fingerprint density at radius 1 is 1.20 bits per heavy atom. The van der Waals surface area contributed by atoms with Gasteiger partial charge in [-0.15, -0.1) is 0 Å². The molecule has 0 heterocycles. The SMILES string of the molecule is CCC(C)(C)CCC(C)(C)NC(N)=NC. The van der Waals surface area contributed by atoms with Crippen molar-refractivity contribution in [2.75, 3.05) is 7.05 Å². The van der Waals surface area contributed by atoms with Crippen molar-refractivity contribution in [1.82, 2.24) is 5.32 Å². The minimum Gasteiger partial charge on any atom is -0.370 e. The van der Waals surface area contributed by atoms with Gasteiger partial charge < -0.3 is 11.1 Å². The second-order valence-electron chi connectivity index (χ2n) is 5.64. The number of guanidine groups is 1. The van der Waals surface area contributed by atoms with E-state index in [1.165, 1.54) is 12.8 Å². The highest BCUT2D eigenvalue weighted by Crippen LogP contribution is 2.29. The predicted molar refractivity (Wildman–Crippen MR) is 68.1 cm³/mol. The van der Waals surface area contributed by atoms with Gasteiger partial charge in [-0.2, -0.15) is 0 Å². The van der Waals surface area contributed by atoms with Gasteiger partial charge >= 0.3 is 0 Å². The maximum absolute atomic E-state index is 5.67. The van der Waals surface area contributed by atoms with Gasteiger partial charge in [0, 0.05) is 12.6 Å². The van der Waals surface area contributed by atoms with Gasteiger partial charge in [0.15, 0.2) is 5.96 Å². The predicted octanol–water partition coefficient (Wildman–Crippen LogP) is 2.52. The smallest absolute Gasteiger partial charge is 0.188 e. The fourth-order valence-corrected chi connectivity index (χ4v) is 1.29. The summed E-state index contributed by atoms with van der Waals surface area (Å²) in [7, 11) is 1.70. The first-order valence-electron chi connectivity index (χ1n) is 5.73. The van der Waals surface area contributed by atoms with E-state index in [0.717, 1.165) is 6.42 Å². The van der Waals surface area contributed by atoms with Crippen LogP contribution in [0, 0.1) is 5.41 Å². The lowest BCUT2D eigenvalue weighted by molar-refractivity contribution is 0.268. The summed E-state index contributed by atoms with van der Waals surface area (Å²) < 4.78 is 0. The maximum Gasteiger partial charge on any atom is 0.188 e. The van der Waals surface area contributed by atoms with Crippen molar-refractivity contribution in [3.8, 4) is 0 Å². The molecule has 0 rings (SSSR count). The highest BCUT2D eigenvalue weighted by atomic mass is 15.1. The normalized spacial score (nSPS) is 14.1. The molecule has 15 heavy (non-hydrogen) atoms. The topological polar surface area (TPSA) is 50.4 Å². The number of hydrogen-bond donors (Lipinski definition) is 2. The lowest BCUT2D eigenvalue weighted by Crippen LogP contribution is -2.47. The molecule has 0 atom stereocenters. The number of nitrogens with one attached hydrogen (secondary N) is 1. The van der Waals surface area contributed by atoms with Crippen molar-refractivity contribution in [2.45, 2.75) is 59.4 Å². The molecule has 0 aliphatic rings. The van der Waals surface area contributed by atoms with Crippen LogP contribution >= 0.6 is 0 Å². The number of aliphatic imine (C=N–C) groups is 1. The Balaban J connectivity index is 4.15. The molecule has 0 unspecified atom stereocenters. The minimum absolute atomic E-state index is 0.0238. The van der Waals surface area contributed by atoms with E-state index in [4.69, 9.17) is 5.73 Å². The first kappa shape index (κ1) is 14.3. The Morgan fingerprint density at radius 2 is 1.73 bits per heavy atom. The van der Waals surface area contributed by atoms with Crippen LogP contribution in [0.4, 0.5) is 0 Å². The highest BCUT2D eigenvalue weighted by molar-refractivity contribution is 5.78. The van der Waals surface area contributed by atoms with Crippen LogP contribution in [0.5, 0.6) is 0 Å². The monoisotopic (exact) mass is 213 g/mol. The average Bonchev–Trinajstić information content (AvgIpc) is 2.14. The number of rotatable bonds is 5. The van der Waals surface area contributed by atoms with E-state index in [0.29, 0.717) is 11.4 Å². The summed E-state index contributed by atoms with van der Waals surface area (Å²) in [5.74, 6) is 0.523. The third kappa shape index (κ3) is 6.37. The molecule has 0 aliphatic heterocycles. The second-order valence-corrected chi connectivity index (χ2v) is 5.64. The molecular weight excluding hydrogens is 186 g/mol. The van der Waals surface area contributed by atoms with E-state index in [1.807, 2.05) is 0 Å². The van der Waals surface area contributed by atoms with Crippen molar-refractivity contribution in [3.63, 3.8) is 0 Å². The van der Waals surface area contributed by atoms with Crippen LogP contribution in [-0.2, 0) is 0 Å². The van der Waals surface area contributed by atoms with Crippen molar-refractivity contribution in [2.24, 2.45) is 16.1 Å². The van der Waals surface area contributed by atoms with Gasteiger partial charge in [-0.3, -0.25) is 4.99 Å². The van der Waals surface area contributed by atoms with Crippen LogP contribution in [0.1, 0.15) is 53.9 Å². The molecule has 3 nitrogen and oxygen atoms in total. The molecule has 0 aromatic heterocycles. The van der Waals surface area contributed by atoms with Gasteiger partial charge in [-0.05, 0) is 32.1 Å². The molecule has 0 aromatic rings. The van der Waals surface area contributed by atoms with Crippen LogP contribution in [-0.4, -0.2) is 18.5 Å².